The molecule has 1 aliphatic heterocycles. The first-order valence-corrected chi connectivity index (χ1v) is 10.5. The molecular weight excluding hydrogens is 402 g/mol. The summed E-state index contributed by atoms with van der Waals surface area (Å²) >= 11 is 6.24. The number of hydrogen-bond acceptors (Lipinski definition) is 4. The molecule has 0 N–H and O–H groups in total. The van der Waals surface area contributed by atoms with Gasteiger partial charge in [-0.3, -0.25) is 13.9 Å². The molecule has 1 fully saturated rings. The molecule has 2 aromatic carbocycles. The van der Waals surface area contributed by atoms with Gasteiger partial charge in [-0.05, 0) is 24.3 Å². The summed E-state index contributed by atoms with van der Waals surface area (Å²) in [5, 5.41) is 0.237. The number of halogens is 1. The topological polar surface area (TPSA) is 78.0 Å². The fraction of sp³-hybridized carbons (Fsp3) is 0.263. The molecule has 3 rings (SSSR count). The number of benzene rings is 2. The predicted octanol–water partition coefficient (Wildman–Crippen LogP) is 1.84. The summed E-state index contributed by atoms with van der Waals surface area (Å²) in [4.78, 5) is 26.9. The zero-order valence-electron chi connectivity index (χ0n) is 15.1. The van der Waals surface area contributed by atoms with Gasteiger partial charge < -0.3 is 9.80 Å². The molecule has 0 spiro atoms. The number of para-hydroxylation sites is 1. The first kappa shape index (κ1) is 20.2. The predicted molar refractivity (Wildman–Crippen MR) is 107 cm³/mol. The molecule has 28 heavy (non-hydrogen) atoms. The van der Waals surface area contributed by atoms with Crippen molar-refractivity contribution < 1.29 is 18.0 Å². The molecule has 0 aliphatic carbocycles. The van der Waals surface area contributed by atoms with Gasteiger partial charge in [-0.2, -0.15) is 0 Å². The number of carbonyl (C=O) groups excluding carboxylic acids is 2. The highest BCUT2D eigenvalue weighted by Gasteiger charge is 2.31. The van der Waals surface area contributed by atoms with E-state index in [0.717, 1.165) is 10.7 Å². The summed E-state index contributed by atoms with van der Waals surface area (Å²) in [6.45, 7) is 1.19. The molecule has 0 saturated carbocycles. The van der Waals surface area contributed by atoms with Gasteiger partial charge >= 0.3 is 0 Å². The second-order valence-corrected chi connectivity index (χ2v) is 8.57. The molecule has 0 atom stereocenters. The third-order valence-electron chi connectivity index (χ3n) is 4.55. The number of anilines is 1. The SMILES string of the molecule is O=CN1CCN(C(=O)CN(c2ccccc2Cl)S(=O)(=O)c2ccccc2)CC1. The van der Waals surface area contributed by atoms with Crippen molar-refractivity contribution in [3.05, 3.63) is 59.6 Å². The van der Waals surface area contributed by atoms with Crippen LogP contribution in [-0.2, 0) is 19.6 Å². The lowest BCUT2D eigenvalue weighted by molar-refractivity contribution is -0.133. The Morgan fingerprint density at radius 1 is 1.00 bits per heavy atom. The Morgan fingerprint density at radius 2 is 1.61 bits per heavy atom. The zero-order chi connectivity index (χ0) is 20.1. The Bertz CT molecular complexity index is 945. The number of nitrogens with zero attached hydrogens (tertiary/aromatic N) is 3. The molecule has 1 heterocycles. The minimum Gasteiger partial charge on any atom is -0.342 e. The van der Waals surface area contributed by atoms with Gasteiger partial charge in [-0.1, -0.05) is 41.9 Å². The van der Waals surface area contributed by atoms with E-state index in [1.54, 1.807) is 52.3 Å². The summed E-state index contributed by atoms with van der Waals surface area (Å²) in [6.07, 6.45) is 0.748. The standard InChI is InChI=1S/C19H20ClN3O4S/c20-17-8-4-5-9-18(17)23(28(26,27)16-6-2-1-3-7-16)14-19(25)22-12-10-21(15-24)11-13-22/h1-9,15H,10-14H2. The Kier molecular flexibility index (Phi) is 6.21. The molecule has 1 saturated heterocycles. The normalized spacial score (nSPS) is 14.6. The van der Waals surface area contributed by atoms with Gasteiger partial charge in [0.25, 0.3) is 10.0 Å². The van der Waals surface area contributed by atoms with Crippen molar-refractivity contribution in [1.82, 2.24) is 9.80 Å². The molecular formula is C19H20ClN3O4S. The average molecular weight is 422 g/mol. The van der Waals surface area contributed by atoms with Gasteiger partial charge in [0.1, 0.15) is 6.54 Å². The molecule has 0 bridgehead atoms. The minimum absolute atomic E-state index is 0.0773. The van der Waals surface area contributed by atoms with Gasteiger partial charge in [0, 0.05) is 26.2 Å². The second-order valence-electron chi connectivity index (χ2n) is 6.30. The number of amides is 2. The summed E-state index contributed by atoms with van der Waals surface area (Å²) in [7, 11) is -3.99. The monoisotopic (exact) mass is 421 g/mol. The van der Waals surface area contributed by atoms with E-state index >= 15 is 0 Å². The number of carbonyl (C=O) groups is 2. The van der Waals surface area contributed by atoms with Crippen LogP contribution in [0, 0.1) is 0 Å². The van der Waals surface area contributed by atoms with Crippen LogP contribution >= 0.6 is 11.6 Å². The van der Waals surface area contributed by atoms with Gasteiger partial charge in [0.15, 0.2) is 0 Å². The summed E-state index contributed by atoms with van der Waals surface area (Å²) < 4.78 is 27.5. The molecule has 0 aromatic heterocycles. The van der Waals surface area contributed by atoms with Crippen molar-refractivity contribution in [3.8, 4) is 0 Å². The van der Waals surface area contributed by atoms with E-state index in [4.69, 9.17) is 11.6 Å². The highest BCUT2D eigenvalue weighted by atomic mass is 35.5. The molecule has 2 aromatic rings. The number of piperazine rings is 1. The molecule has 148 valence electrons. The molecule has 1 aliphatic rings. The van der Waals surface area contributed by atoms with E-state index in [9.17, 15) is 18.0 Å². The van der Waals surface area contributed by atoms with Crippen LogP contribution < -0.4 is 4.31 Å². The van der Waals surface area contributed by atoms with Gasteiger partial charge in [0.2, 0.25) is 12.3 Å². The van der Waals surface area contributed by atoms with Crippen LogP contribution in [0.4, 0.5) is 5.69 Å². The fourth-order valence-corrected chi connectivity index (χ4v) is 4.71. The molecule has 9 heteroatoms. The highest BCUT2D eigenvalue weighted by Crippen LogP contribution is 2.30. The van der Waals surface area contributed by atoms with E-state index < -0.39 is 10.0 Å². The summed E-state index contributed by atoms with van der Waals surface area (Å²) in [5.74, 6) is -0.343. The van der Waals surface area contributed by atoms with Crippen LogP contribution in [0.1, 0.15) is 0 Å². The van der Waals surface area contributed by atoms with Crippen molar-refractivity contribution in [1.29, 1.82) is 0 Å². The Morgan fingerprint density at radius 3 is 2.21 bits per heavy atom. The van der Waals surface area contributed by atoms with E-state index in [-0.39, 0.29) is 28.1 Å². The Hall–Kier alpha value is -2.58. The van der Waals surface area contributed by atoms with Crippen molar-refractivity contribution in [2.75, 3.05) is 37.0 Å². The Balaban J connectivity index is 1.91. The lowest BCUT2D eigenvalue weighted by Crippen LogP contribution is -2.51. The van der Waals surface area contributed by atoms with E-state index in [1.165, 1.54) is 12.1 Å². The minimum atomic E-state index is -3.99. The van der Waals surface area contributed by atoms with Crippen molar-refractivity contribution >= 4 is 39.6 Å². The van der Waals surface area contributed by atoms with Crippen LogP contribution in [0.5, 0.6) is 0 Å². The summed E-state index contributed by atoms with van der Waals surface area (Å²) in [5.41, 5.74) is 0.243. The fourth-order valence-electron chi connectivity index (χ4n) is 2.97. The second kappa shape index (κ2) is 8.62. The smallest absolute Gasteiger partial charge is 0.264 e. The first-order chi connectivity index (χ1) is 13.4. The van der Waals surface area contributed by atoms with Crippen LogP contribution in [0.15, 0.2) is 59.5 Å². The van der Waals surface area contributed by atoms with Crippen LogP contribution in [-0.4, -0.2) is 63.3 Å². The lowest BCUT2D eigenvalue weighted by atomic mass is 10.3. The van der Waals surface area contributed by atoms with Crippen molar-refractivity contribution in [2.24, 2.45) is 0 Å². The molecule has 2 amide bonds. The average Bonchev–Trinajstić information content (AvgIpc) is 2.73. The largest absolute Gasteiger partial charge is 0.342 e. The van der Waals surface area contributed by atoms with E-state index in [2.05, 4.69) is 0 Å². The van der Waals surface area contributed by atoms with Gasteiger partial charge in [0.05, 0.1) is 15.6 Å². The highest BCUT2D eigenvalue weighted by molar-refractivity contribution is 7.92. The molecule has 0 unspecified atom stereocenters. The van der Waals surface area contributed by atoms with E-state index in [0.29, 0.717) is 26.2 Å². The van der Waals surface area contributed by atoms with Crippen molar-refractivity contribution in [2.45, 2.75) is 4.90 Å². The third kappa shape index (κ3) is 4.28. The third-order valence-corrected chi connectivity index (χ3v) is 6.64. The summed E-state index contributed by atoms with van der Waals surface area (Å²) in [6, 6.07) is 14.4. The van der Waals surface area contributed by atoms with Crippen LogP contribution in [0.2, 0.25) is 5.02 Å². The van der Waals surface area contributed by atoms with E-state index in [1.807, 2.05) is 0 Å². The molecule has 7 nitrogen and oxygen atoms in total. The zero-order valence-corrected chi connectivity index (χ0v) is 16.6. The maximum Gasteiger partial charge on any atom is 0.264 e. The first-order valence-electron chi connectivity index (χ1n) is 8.73. The van der Waals surface area contributed by atoms with Gasteiger partial charge in [-0.15, -0.1) is 0 Å². The molecule has 0 radical (unpaired) electrons. The number of hydrogen-bond donors (Lipinski definition) is 0. The number of sulfonamides is 1. The quantitative estimate of drug-likeness (QED) is 0.667. The number of rotatable bonds is 6. The van der Waals surface area contributed by atoms with Gasteiger partial charge in [-0.25, -0.2) is 8.42 Å². The lowest BCUT2D eigenvalue weighted by Gasteiger charge is -2.34. The van der Waals surface area contributed by atoms with Crippen molar-refractivity contribution in [3.63, 3.8) is 0 Å². The van der Waals surface area contributed by atoms with Crippen LogP contribution in [0.25, 0.3) is 0 Å². The Labute approximate surface area is 169 Å². The maximum atomic E-state index is 13.2. The maximum absolute atomic E-state index is 13.2. The van der Waals surface area contributed by atoms with Crippen LogP contribution in [0.3, 0.4) is 0 Å².